The summed E-state index contributed by atoms with van der Waals surface area (Å²) < 4.78 is 11.0. The van der Waals surface area contributed by atoms with Crippen molar-refractivity contribution >= 4 is 6.09 Å². The summed E-state index contributed by atoms with van der Waals surface area (Å²) >= 11 is 0. The van der Waals surface area contributed by atoms with Crippen molar-refractivity contribution in [3.05, 3.63) is 29.8 Å². The molecule has 3 rings (SSSR count). The zero-order valence-corrected chi connectivity index (χ0v) is 18.9. The highest BCUT2D eigenvalue weighted by atomic mass is 16.6. The zero-order chi connectivity index (χ0) is 21.9. The number of carbonyl (C=O) groups is 1. The summed E-state index contributed by atoms with van der Waals surface area (Å²) in [5.41, 5.74) is 1.16. The van der Waals surface area contributed by atoms with Gasteiger partial charge in [0, 0.05) is 32.2 Å². The number of piperidine rings is 1. The summed E-state index contributed by atoms with van der Waals surface area (Å²) in [6.07, 6.45) is 6.24. The maximum atomic E-state index is 11.8. The molecule has 0 radical (unpaired) electrons. The number of hydrogen-bond acceptors (Lipinski definition) is 6. The van der Waals surface area contributed by atoms with E-state index >= 15 is 0 Å². The lowest BCUT2D eigenvalue weighted by atomic mass is 10.0. The lowest BCUT2D eigenvalue weighted by Crippen LogP contribution is -2.44. The number of β-amino-alcohol motifs (C(OH)–C–C–N with tert-alkyl or cyclic N) is 1. The number of aliphatic hydroxyl groups is 1. The van der Waals surface area contributed by atoms with Crippen molar-refractivity contribution in [2.75, 3.05) is 45.9 Å². The standard InChI is InChI=1S/C24H39N3O4/c1-2-30-24(29)27-14-10-21(11-15-27)25-17-20-8-7-9-23(16-20)31-19-22(28)18-26-12-5-3-4-6-13-26/h7-9,16,21-22,25,28H,2-6,10-15,17-19H2,1H3/t22-/m0/s1. The fourth-order valence-corrected chi connectivity index (χ4v) is 4.35. The van der Waals surface area contributed by atoms with Crippen molar-refractivity contribution in [1.82, 2.24) is 15.1 Å². The second-order valence-electron chi connectivity index (χ2n) is 8.67. The van der Waals surface area contributed by atoms with Crippen LogP contribution in [-0.2, 0) is 11.3 Å². The predicted octanol–water partition coefficient (Wildman–Crippen LogP) is 3.01. The normalized spacial score (nSPS) is 19.6. The molecule has 0 saturated carbocycles. The zero-order valence-electron chi connectivity index (χ0n) is 18.9. The van der Waals surface area contributed by atoms with Crippen molar-refractivity contribution in [1.29, 1.82) is 0 Å². The molecule has 0 unspecified atom stereocenters. The Balaban J connectivity index is 1.36. The van der Waals surface area contributed by atoms with Crippen LogP contribution in [0, 0.1) is 0 Å². The first-order chi connectivity index (χ1) is 15.1. The Bertz CT molecular complexity index is 656. The highest BCUT2D eigenvalue weighted by Gasteiger charge is 2.23. The van der Waals surface area contributed by atoms with Crippen LogP contribution in [0.2, 0.25) is 0 Å². The highest BCUT2D eigenvalue weighted by Crippen LogP contribution is 2.16. The maximum Gasteiger partial charge on any atom is 0.409 e. The monoisotopic (exact) mass is 433 g/mol. The number of hydrogen-bond donors (Lipinski definition) is 2. The second-order valence-corrected chi connectivity index (χ2v) is 8.67. The van der Waals surface area contributed by atoms with Crippen LogP contribution in [0.1, 0.15) is 51.0 Å². The molecule has 2 saturated heterocycles. The van der Waals surface area contributed by atoms with Gasteiger partial charge in [0.05, 0.1) is 6.61 Å². The van der Waals surface area contributed by atoms with Crippen LogP contribution in [0.5, 0.6) is 5.75 Å². The number of benzene rings is 1. The minimum atomic E-state index is -0.468. The van der Waals surface area contributed by atoms with Crippen LogP contribution in [0.15, 0.2) is 24.3 Å². The summed E-state index contributed by atoms with van der Waals surface area (Å²) in [7, 11) is 0. The van der Waals surface area contributed by atoms with Crippen LogP contribution in [0.4, 0.5) is 4.79 Å². The summed E-state index contributed by atoms with van der Waals surface area (Å²) in [6.45, 7) is 7.64. The third kappa shape index (κ3) is 8.31. The Morgan fingerprint density at radius 1 is 1.16 bits per heavy atom. The number of ether oxygens (including phenoxy) is 2. The minimum absolute atomic E-state index is 0.205. The van der Waals surface area contributed by atoms with E-state index in [1.165, 1.54) is 25.7 Å². The molecule has 0 bridgehead atoms. The number of nitrogens with one attached hydrogen (secondary N) is 1. The first-order valence-corrected chi connectivity index (χ1v) is 11.9. The van der Waals surface area contributed by atoms with E-state index in [4.69, 9.17) is 9.47 Å². The third-order valence-electron chi connectivity index (χ3n) is 6.12. The topological polar surface area (TPSA) is 74.3 Å². The van der Waals surface area contributed by atoms with Gasteiger partial charge in [0.25, 0.3) is 0 Å². The molecule has 174 valence electrons. The van der Waals surface area contributed by atoms with Crippen molar-refractivity contribution in [2.24, 2.45) is 0 Å². The van der Waals surface area contributed by atoms with E-state index in [2.05, 4.69) is 16.3 Å². The van der Waals surface area contributed by atoms with E-state index in [0.717, 1.165) is 56.9 Å². The highest BCUT2D eigenvalue weighted by molar-refractivity contribution is 5.67. The van der Waals surface area contributed by atoms with E-state index < -0.39 is 6.10 Å². The van der Waals surface area contributed by atoms with E-state index in [9.17, 15) is 9.90 Å². The Hall–Kier alpha value is -1.83. The number of amides is 1. The molecule has 2 aliphatic heterocycles. The van der Waals surface area contributed by atoms with Gasteiger partial charge in [-0.25, -0.2) is 4.79 Å². The molecule has 1 aromatic carbocycles. The molecule has 0 aromatic heterocycles. The third-order valence-corrected chi connectivity index (χ3v) is 6.12. The molecular weight excluding hydrogens is 394 g/mol. The second kappa shape index (κ2) is 12.9. The summed E-state index contributed by atoms with van der Waals surface area (Å²) in [6, 6.07) is 8.46. The average molecular weight is 434 g/mol. The van der Waals surface area contributed by atoms with Gasteiger partial charge in [-0.1, -0.05) is 25.0 Å². The predicted molar refractivity (Wildman–Crippen MR) is 121 cm³/mol. The van der Waals surface area contributed by atoms with E-state index in [1.54, 1.807) is 4.90 Å². The molecule has 0 aliphatic carbocycles. The molecule has 2 N–H and O–H groups in total. The number of likely N-dealkylation sites (tertiary alicyclic amines) is 2. The van der Waals surface area contributed by atoms with Crippen LogP contribution in [0.3, 0.4) is 0 Å². The maximum absolute atomic E-state index is 11.8. The first-order valence-electron chi connectivity index (χ1n) is 11.9. The smallest absolute Gasteiger partial charge is 0.409 e. The van der Waals surface area contributed by atoms with Crippen molar-refractivity contribution in [3.8, 4) is 5.75 Å². The lowest BCUT2D eigenvalue weighted by Gasteiger charge is -2.31. The van der Waals surface area contributed by atoms with Crippen LogP contribution >= 0.6 is 0 Å². The van der Waals surface area contributed by atoms with Crippen molar-refractivity contribution in [3.63, 3.8) is 0 Å². The van der Waals surface area contributed by atoms with Crippen LogP contribution in [0.25, 0.3) is 0 Å². The molecule has 2 aliphatic rings. The summed E-state index contributed by atoms with van der Waals surface area (Å²) in [5.74, 6) is 0.798. The Kier molecular flexibility index (Phi) is 9.90. The molecule has 7 nitrogen and oxygen atoms in total. The molecule has 2 fully saturated rings. The number of aliphatic hydroxyl groups excluding tert-OH is 1. The Morgan fingerprint density at radius 2 is 1.90 bits per heavy atom. The summed E-state index contributed by atoms with van der Waals surface area (Å²) in [5, 5.41) is 14.0. The molecule has 2 heterocycles. The molecule has 1 aromatic rings. The van der Waals surface area contributed by atoms with Gasteiger partial charge in [0.1, 0.15) is 18.5 Å². The number of nitrogens with zero attached hydrogens (tertiary/aromatic N) is 2. The van der Waals surface area contributed by atoms with E-state index in [1.807, 2.05) is 25.1 Å². The molecule has 1 amide bonds. The van der Waals surface area contributed by atoms with E-state index in [0.29, 0.717) is 25.8 Å². The summed E-state index contributed by atoms with van der Waals surface area (Å²) in [4.78, 5) is 15.9. The quantitative estimate of drug-likeness (QED) is 0.624. The van der Waals surface area contributed by atoms with E-state index in [-0.39, 0.29) is 6.09 Å². The Morgan fingerprint density at radius 3 is 2.61 bits per heavy atom. The number of rotatable bonds is 9. The lowest BCUT2D eigenvalue weighted by molar-refractivity contribution is 0.0693. The average Bonchev–Trinajstić information content (AvgIpc) is 3.06. The largest absolute Gasteiger partial charge is 0.491 e. The van der Waals surface area contributed by atoms with Gasteiger partial charge in [0.15, 0.2) is 0 Å². The van der Waals surface area contributed by atoms with Gasteiger partial charge in [-0.05, 0) is 63.4 Å². The SMILES string of the molecule is CCOC(=O)N1CCC(NCc2cccc(OC[C@@H](O)CN3CCCCCC3)c2)CC1. The fourth-order valence-electron chi connectivity index (χ4n) is 4.35. The molecule has 31 heavy (non-hydrogen) atoms. The fraction of sp³-hybridized carbons (Fsp3) is 0.708. The van der Waals surface area contributed by atoms with Gasteiger partial charge in [-0.3, -0.25) is 0 Å². The first kappa shape index (κ1) is 23.8. The van der Waals surface area contributed by atoms with Crippen LogP contribution < -0.4 is 10.1 Å². The minimum Gasteiger partial charge on any atom is -0.491 e. The molecule has 1 atom stereocenters. The van der Waals surface area contributed by atoms with Gasteiger partial charge >= 0.3 is 6.09 Å². The molecule has 0 spiro atoms. The van der Waals surface area contributed by atoms with Gasteiger partial charge < -0.3 is 29.7 Å². The van der Waals surface area contributed by atoms with Crippen molar-refractivity contribution < 1.29 is 19.4 Å². The van der Waals surface area contributed by atoms with Gasteiger partial charge in [-0.15, -0.1) is 0 Å². The van der Waals surface area contributed by atoms with Crippen LogP contribution in [-0.4, -0.2) is 79.1 Å². The Labute approximate surface area is 186 Å². The van der Waals surface area contributed by atoms with Gasteiger partial charge in [0.2, 0.25) is 0 Å². The number of carbonyl (C=O) groups excluding carboxylic acids is 1. The molecular formula is C24H39N3O4. The molecule has 7 heteroatoms. The van der Waals surface area contributed by atoms with Gasteiger partial charge in [-0.2, -0.15) is 0 Å². The van der Waals surface area contributed by atoms with Crippen molar-refractivity contribution in [2.45, 2.75) is 64.1 Å².